The van der Waals surface area contributed by atoms with Gasteiger partial charge < -0.3 is 4.90 Å². The second kappa shape index (κ2) is 7.81. The van der Waals surface area contributed by atoms with Crippen LogP contribution in [0.15, 0.2) is 119 Å². The number of benzene rings is 3. The van der Waals surface area contributed by atoms with Gasteiger partial charge in [0.25, 0.3) is 0 Å². The van der Waals surface area contributed by atoms with Gasteiger partial charge in [0.15, 0.2) is 0 Å². The Morgan fingerprint density at radius 2 is 1.57 bits per heavy atom. The summed E-state index contributed by atoms with van der Waals surface area (Å²) in [7, 11) is 0. The fraction of sp³-hybridized carbons (Fsp3) is 0.0385. The van der Waals surface area contributed by atoms with Gasteiger partial charge in [0, 0.05) is 16.7 Å². The van der Waals surface area contributed by atoms with Gasteiger partial charge in [0.05, 0.1) is 17.1 Å². The number of hydrogen-bond acceptors (Lipinski definition) is 3. The minimum absolute atomic E-state index is 0.699. The SMILES string of the molecule is C=C1/C=C(Br)\C=C/CN2/C(=N\1)N(c1cccc(-c3ccccc3)c1)c1ccccc12. The zero-order valence-electron chi connectivity index (χ0n) is 16.4. The van der Waals surface area contributed by atoms with E-state index in [1.54, 1.807) is 0 Å². The van der Waals surface area contributed by atoms with Gasteiger partial charge in [-0.15, -0.1) is 0 Å². The lowest BCUT2D eigenvalue weighted by Crippen LogP contribution is -2.36. The maximum absolute atomic E-state index is 4.91. The highest BCUT2D eigenvalue weighted by Crippen LogP contribution is 2.43. The predicted molar refractivity (Wildman–Crippen MR) is 131 cm³/mol. The van der Waals surface area contributed by atoms with E-state index in [-0.39, 0.29) is 0 Å². The maximum atomic E-state index is 4.91. The third kappa shape index (κ3) is 3.40. The van der Waals surface area contributed by atoms with Crippen molar-refractivity contribution in [2.24, 2.45) is 4.99 Å². The van der Waals surface area contributed by atoms with E-state index in [4.69, 9.17) is 4.99 Å². The Morgan fingerprint density at radius 3 is 2.40 bits per heavy atom. The Balaban J connectivity index is 1.67. The number of hydrogen-bond donors (Lipinski definition) is 0. The fourth-order valence-electron chi connectivity index (χ4n) is 3.86. The van der Waals surface area contributed by atoms with Crippen molar-refractivity contribution in [2.75, 3.05) is 16.3 Å². The Morgan fingerprint density at radius 1 is 0.833 bits per heavy atom. The standard InChI is InChI=1S/C26H20BrN3/c1-19-17-22(27)12-8-16-29-24-14-5-6-15-25(24)30(26(29)28-19)23-13-7-11-21(18-23)20-9-3-2-4-10-20/h2-15,17-18H,1,16H2/b12-8-,22-17+,28-26+. The summed E-state index contributed by atoms with van der Waals surface area (Å²) < 4.78 is 0.962. The van der Waals surface area contributed by atoms with E-state index < -0.39 is 0 Å². The van der Waals surface area contributed by atoms with Crippen molar-refractivity contribution in [3.05, 3.63) is 114 Å². The van der Waals surface area contributed by atoms with Crippen molar-refractivity contribution in [3.63, 3.8) is 0 Å². The summed E-state index contributed by atoms with van der Waals surface area (Å²) in [5, 5.41) is 0. The molecular formula is C26H20BrN3. The summed E-state index contributed by atoms with van der Waals surface area (Å²) in [5.41, 5.74) is 6.39. The van der Waals surface area contributed by atoms with Gasteiger partial charge >= 0.3 is 0 Å². The zero-order valence-corrected chi connectivity index (χ0v) is 18.0. The van der Waals surface area contributed by atoms with Gasteiger partial charge in [-0.05, 0) is 41.5 Å². The monoisotopic (exact) mass is 453 g/mol. The molecule has 0 spiro atoms. The molecule has 3 aromatic rings. The minimum atomic E-state index is 0.699. The predicted octanol–water partition coefficient (Wildman–Crippen LogP) is 7.03. The lowest BCUT2D eigenvalue weighted by atomic mass is 10.0. The molecule has 4 heteroatoms. The molecule has 146 valence electrons. The molecule has 0 unspecified atom stereocenters. The summed E-state index contributed by atoms with van der Waals surface area (Å²) in [4.78, 5) is 9.35. The summed E-state index contributed by atoms with van der Waals surface area (Å²) in [6, 6.07) is 27.5. The highest BCUT2D eigenvalue weighted by atomic mass is 79.9. The second-order valence-electron chi connectivity index (χ2n) is 7.19. The first-order chi connectivity index (χ1) is 14.7. The fourth-order valence-corrected chi connectivity index (χ4v) is 4.31. The molecule has 0 radical (unpaired) electrons. The van der Waals surface area contributed by atoms with Gasteiger partial charge in [-0.1, -0.05) is 89.3 Å². The molecule has 0 atom stereocenters. The second-order valence-corrected chi connectivity index (χ2v) is 8.10. The van der Waals surface area contributed by atoms with Crippen molar-refractivity contribution in [3.8, 4) is 11.1 Å². The smallest absolute Gasteiger partial charge is 0.216 e. The number of rotatable bonds is 2. The Kier molecular flexibility index (Phi) is 4.85. The van der Waals surface area contributed by atoms with Gasteiger partial charge in [-0.2, -0.15) is 0 Å². The van der Waals surface area contributed by atoms with E-state index in [9.17, 15) is 0 Å². The quantitative estimate of drug-likeness (QED) is 0.414. The average Bonchev–Trinajstić information content (AvgIpc) is 3.09. The third-order valence-electron chi connectivity index (χ3n) is 5.18. The van der Waals surface area contributed by atoms with E-state index in [2.05, 4.69) is 111 Å². The number of halogens is 1. The normalized spacial score (nSPS) is 20.1. The van der Waals surface area contributed by atoms with Crippen molar-refractivity contribution in [2.45, 2.75) is 0 Å². The van der Waals surface area contributed by atoms with Crippen LogP contribution in [0.3, 0.4) is 0 Å². The summed E-state index contributed by atoms with van der Waals surface area (Å²) >= 11 is 3.57. The molecule has 0 saturated carbocycles. The average molecular weight is 454 g/mol. The molecule has 3 nitrogen and oxygen atoms in total. The Labute approximate surface area is 185 Å². The third-order valence-corrected chi connectivity index (χ3v) is 5.67. The molecule has 0 bridgehead atoms. The largest absolute Gasteiger partial charge is 0.306 e. The van der Waals surface area contributed by atoms with E-state index >= 15 is 0 Å². The Hall–Kier alpha value is -3.37. The maximum Gasteiger partial charge on any atom is 0.216 e. The van der Waals surface area contributed by atoms with E-state index in [1.165, 1.54) is 11.1 Å². The van der Waals surface area contributed by atoms with Crippen LogP contribution in [0.25, 0.3) is 11.1 Å². The molecule has 2 aliphatic rings. The number of aliphatic imine (C=N–C) groups is 1. The van der Waals surface area contributed by atoms with Crippen LogP contribution in [-0.2, 0) is 0 Å². The van der Waals surface area contributed by atoms with Crippen LogP contribution in [0.2, 0.25) is 0 Å². The highest BCUT2D eigenvalue weighted by Gasteiger charge is 2.33. The molecule has 30 heavy (non-hydrogen) atoms. The topological polar surface area (TPSA) is 18.8 Å². The minimum Gasteiger partial charge on any atom is -0.306 e. The molecule has 0 fully saturated rings. The van der Waals surface area contributed by atoms with Crippen LogP contribution in [0.4, 0.5) is 17.1 Å². The molecule has 2 heterocycles. The van der Waals surface area contributed by atoms with Crippen LogP contribution >= 0.6 is 15.9 Å². The van der Waals surface area contributed by atoms with Crippen molar-refractivity contribution in [1.82, 2.24) is 0 Å². The molecular weight excluding hydrogens is 434 g/mol. The van der Waals surface area contributed by atoms with Crippen LogP contribution in [0, 0.1) is 0 Å². The van der Waals surface area contributed by atoms with Gasteiger partial charge in [0.1, 0.15) is 0 Å². The van der Waals surface area contributed by atoms with E-state index in [0.717, 1.165) is 34.0 Å². The van der Waals surface area contributed by atoms with Gasteiger partial charge in [-0.25, -0.2) is 4.99 Å². The van der Waals surface area contributed by atoms with Crippen LogP contribution in [-0.4, -0.2) is 12.5 Å². The van der Waals surface area contributed by atoms with Crippen molar-refractivity contribution < 1.29 is 0 Å². The lowest BCUT2D eigenvalue weighted by Gasteiger charge is -2.23. The Bertz CT molecular complexity index is 1210. The van der Waals surface area contributed by atoms with Gasteiger partial charge in [-0.3, -0.25) is 4.90 Å². The molecule has 0 aliphatic carbocycles. The van der Waals surface area contributed by atoms with Crippen LogP contribution < -0.4 is 9.80 Å². The highest BCUT2D eigenvalue weighted by molar-refractivity contribution is 9.11. The number of guanidine groups is 1. The molecule has 0 aromatic heterocycles. The van der Waals surface area contributed by atoms with Crippen molar-refractivity contribution >= 4 is 39.0 Å². The van der Waals surface area contributed by atoms with Crippen molar-refractivity contribution in [1.29, 1.82) is 0 Å². The summed E-state index contributed by atoms with van der Waals surface area (Å²) in [6.07, 6.45) is 6.12. The first kappa shape index (κ1) is 18.6. The summed E-state index contributed by atoms with van der Waals surface area (Å²) in [6.45, 7) is 4.87. The first-order valence-electron chi connectivity index (χ1n) is 9.84. The van der Waals surface area contributed by atoms with Gasteiger partial charge in [0.2, 0.25) is 5.96 Å². The number of para-hydroxylation sites is 2. The molecule has 2 aliphatic heterocycles. The van der Waals surface area contributed by atoms with Crippen LogP contribution in [0.1, 0.15) is 0 Å². The number of anilines is 3. The number of fused-ring (bicyclic) bond motifs is 3. The van der Waals surface area contributed by atoms with Crippen LogP contribution in [0.5, 0.6) is 0 Å². The molecule has 0 amide bonds. The number of nitrogens with zero attached hydrogens (tertiary/aromatic N) is 3. The van der Waals surface area contributed by atoms with E-state index in [1.807, 2.05) is 18.2 Å². The molecule has 0 N–H and O–H groups in total. The van der Waals surface area contributed by atoms with E-state index in [0.29, 0.717) is 5.70 Å². The lowest BCUT2D eigenvalue weighted by molar-refractivity contribution is 1.14. The summed E-state index contributed by atoms with van der Waals surface area (Å²) in [5.74, 6) is 0.856. The zero-order chi connectivity index (χ0) is 20.5. The molecule has 5 rings (SSSR count). The first-order valence-corrected chi connectivity index (χ1v) is 10.6. The molecule has 3 aromatic carbocycles. The number of allylic oxidation sites excluding steroid dienone is 3. The molecule has 0 saturated heterocycles.